The van der Waals surface area contributed by atoms with Crippen LogP contribution >= 0.6 is 0 Å². The minimum Gasteiger partial charge on any atom is -0.327 e. The molecule has 2 aromatic rings. The number of hydrogen-bond acceptors (Lipinski definition) is 3. The van der Waals surface area contributed by atoms with Gasteiger partial charge in [0.15, 0.2) is 0 Å². The topological polar surface area (TPSA) is 56.7 Å². The number of rotatable bonds is 4. The molecule has 2 heterocycles. The molecule has 0 saturated carbocycles. The fourth-order valence-corrected chi connectivity index (χ4v) is 2.27. The summed E-state index contributed by atoms with van der Waals surface area (Å²) in [5.41, 5.74) is 11.0. The molecule has 96 valence electrons. The summed E-state index contributed by atoms with van der Waals surface area (Å²) in [7, 11) is 1.97. The number of aryl methyl sites for hydroxylation is 2. The van der Waals surface area contributed by atoms with E-state index in [1.54, 1.807) is 6.20 Å². The lowest BCUT2D eigenvalue weighted by atomic mass is 9.99. The van der Waals surface area contributed by atoms with Gasteiger partial charge in [-0.25, -0.2) is 0 Å². The van der Waals surface area contributed by atoms with E-state index in [0.29, 0.717) is 0 Å². The molecule has 0 aliphatic heterocycles. The molecule has 0 amide bonds. The van der Waals surface area contributed by atoms with Gasteiger partial charge in [-0.05, 0) is 43.9 Å². The smallest absolute Gasteiger partial charge is 0.0628 e. The van der Waals surface area contributed by atoms with E-state index < -0.39 is 0 Å². The van der Waals surface area contributed by atoms with E-state index >= 15 is 0 Å². The third kappa shape index (κ3) is 2.76. The molecule has 1 unspecified atom stereocenters. The van der Waals surface area contributed by atoms with Crippen molar-refractivity contribution < 1.29 is 0 Å². The molecule has 0 radical (unpaired) electrons. The highest BCUT2D eigenvalue weighted by Gasteiger charge is 2.13. The average molecular weight is 244 g/mol. The second kappa shape index (κ2) is 5.31. The monoisotopic (exact) mass is 244 g/mol. The molecule has 0 fully saturated rings. The number of pyridine rings is 1. The van der Waals surface area contributed by atoms with Gasteiger partial charge in [0.1, 0.15) is 0 Å². The minimum absolute atomic E-state index is 0.107. The Morgan fingerprint density at radius 1 is 1.33 bits per heavy atom. The maximum Gasteiger partial charge on any atom is 0.0628 e. The van der Waals surface area contributed by atoms with Crippen LogP contribution in [0.15, 0.2) is 24.5 Å². The predicted molar refractivity (Wildman–Crippen MR) is 72.3 cm³/mol. The Labute approximate surface area is 108 Å². The van der Waals surface area contributed by atoms with Crippen LogP contribution in [0.25, 0.3) is 0 Å². The van der Waals surface area contributed by atoms with Gasteiger partial charge < -0.3 is 5.73 Å². The maximum atomic E-state index is 6.22. The second-order valence-electron chi connectivity index (χ2n) is 4.80. The van der Waals surface area contributed by atoms with E-state index in [1.165, 1.54) is 16.8 Å². The zero-order valence-electron chi connectivity index (χ0n) is 11.2. The first-order valence-corrected chi connectivity index (χ1v) is 6.21. The third-order valence-corrected chi connectivity index (χ3v) is 3.35. The Hall–Kier alpha value is -1.68. The first kappa shape index (κ1) is 12.8. The maximum absolute atomic E-state index is 6.22. The summed E-state index contributed by atoms with van der Waals surface area (Å²) in [4.78, 5) is 4.11. The summed E-state index contributed by atoms with van der Waals surface area (Å²) < 4.78 is 1.92. The van der Waals surface area contributed by atoms with E-state index in [4.69, 9.17) is 5.73 Å². The molecule has 4 nitrogen and oxygen atoms in total. The van der Waals surface area contributed by atoms with E-state index in [9.17, 15) is 0 Å². The van der Waals surface area contributed by atoms with Crippen LogP contribution in [-0.2, 0) is 19.9 Å². The van der Waals surface area contributed by atoms with Crippen molar-refractivity contribution in [1.29, 1.82) is 0 Å². The summed E-state index contributed by atoms with van der Waals surface area (Å²) in [6.07, 6.45) is 5.37. The zero-order chi connectivity index (χ0) is 13.1. The highest BCUT2D eigenvalue weighted by Crippen LogP contribution is 2.15. The van der Waals surface area contributed by atoms with E-state index in [-0.39, 0.29) is 6.04 Å². The normalized spacial score (nSPS) is 12.7. The fourth-order valence-electron chi connectivity index (χ4n) is 2.27. The van der Waals surface area contributed by atoms with Crippen molar-refractivity contribution in [2.45, 2.75) is 32.7 Å². The largest absolute Gasteiger partial charge is 0.327 e. The van der Waals surface area contributed by atoms with Crippen LogP contribution in [0, 0.1) is 13.8 Å². The van der Waals surface area contributed by atoms with Crippen molar-refractivity contribution in [3.8, 4) is 0 Å². The zero-order valence-corrected chi connectivity index (χ0v) is 11.2. The Bertz CT molecular complexity index is 516. The summed E-state index contributed by atoms with van der Waals surface area (Å²) >= 11 is 0. The minimum atomic E-state index is 0.107. The van der Waals surface area contributed by atoms with Gasteiger partial charge >= 0.3 is 0 Å². The van der Waals surface area contributed by atoms with Crippen molar-refractivity contribution in [1.82, 2.24) is 14.8 Å². The van der Waals surface area contributed by atoms with Crippen LogP contribution in [0.5, 0.6) is 0 Å². The van der Waals surface area contributed by atoms with Crippen LogP contribution < -0.4 is 5.73 Å². The Kier molecular flexibility index (Phi) is 3.77. The summed E-state index contributed by atoms with van der Waals surface area (Å²) in [5.74, 6) is 0. The summed E-state index contributed by atoms with van der Waals surface area (Å²) in [6, 6.07) is 4.12. The predicted octanol–water partition coefficient (Wildman–Crippen LogP) is 1.54. The number of nitrogens with zero attached hydrogens (tertiary/aromatic N) is 3. The molecular formula is C14H20N4. The number of hydrogen-bond donors (Lipinski definition) is 1. The van der Waals surface area contributed by atoms with Crippen molar-refractivity contribution in [3.05, 3.63) is 47.0 Å². The van der Waals surface area contributed by atoms with Crippen LogP contribution in [0.2, 0.25) is 0 Å². The van der Waals surface area contributed by atoms with Crippen molar-refractivity contribution in [2.75, 3.05) is 0 Å². The number of nitrogens with two attached hydrogens (primary N) is 1. The van der Waals surface area contributed by atoms with Gasteiger partial charge in [0.25, 0.3) is 0 Å². The van der Waals surface area contributed by atoms with Gasteiger partial charge in [0, 0.05) is 31.2 Å². The molecule has 0 aromatic carbocycles. The van der Waals surface area contributed by atoms with Gasteiger partial charge in [0.05, 0.1) is 5.69 Å². The van der Waals surface area contributed by atoms with Gasteiger partial charge in [-0.2, -0.15) is 5.10 Å². The Morgan fingerprint density at radius 2 is 2.11 bits per heavy atom. The van der Waals surface area contributed by atoms with E-state index in [1.807, 2.05) is 30.9 Å². The third-order valence-electron chi connectivity index (χ3n) is 3.35. The molecule has 0 aliphatic rings. The molecule has 2 aromatic heterocycles. The van der Waals surface area contributed by atoms with Gasteiger partial charge in [-0.15, -0.1) is 0 Å². The second-order valence-corrected chi connectivity index (χ2v) is 4.80. The van der Waals surface area contributed by atoms with E-state index in [0.717, 1.165) is 18.5 Å². The standard InChI is InChI=1S/C14H20N4/c1-10-14(11(2)18(3)17-10)8-13(15)7-12-5-4-6-16-9-12/h4-6,9,13H,7-8,15H2,1-3H3. The average Bonchev–Trinajstić information content (AvgIpc) is 2.57. The SMILES string of the molecule is Cc1nn(C)c(C)c1CC(N)Cc1cccnc1. The molecule has 0 saturated heterocycles. The number of aromatic nitrogens is 3. The first-order valence-electron chi connectivity index (χ1n) is 6.21. The molecule has 2 N–H and O–H groups in total. The molecule has 18 heavy (non-hydrogen) atoms. The highest BCUT2D eigenvalue weighted by molar-refractivity contribution is 5.26. The Balaban J connectivity index is 2.05. The van der Waals surface area contributed by atoms with Gasteiger partial charge in [-0.3, -0.25) is 9.67 Å². The lowest BCUT2D eigenvalue weighted by Crippen LogP contribution is -2.26. The molecule has 0 bridgehead atoms. The quantitative estimate of drug-likeness (QED) is 0.887. The molecule has 1 atom stereocenters. The van der Waals surface area contributed by atoms with Crippen molar-refractivity contribution in [2.24, 2.45) is 12.8 Å². The van der Waals surface area contributed by atoms with Crippen molar-refractivity contribution >= 4 is 0 Å². The molecule has 4 heteroatoms. The molecule has 0 spiro atoms. The van der Waals surface area contributed by atoms with Crippen LogP contribution in [0.3, 0.4) is 0 Å². The van der Waals surface area contributed by atoms with E-state index in [2.05, 4.69) is 23.1 Å². The lowest BCUT2D eigenvalue weighted by molar-refractivity contribution is 0.657. The lowest BCUT2D eigenvalue weighted by Gasteiger charge is -2.11. The molecule has 2 rings (SSSR count). The molecule has 0 aliphatic carbocycles. The van der Waals surface area contributed by atoms with Crippen LogP contribution in [0.4, 0.5) is 0 Å². The summed E-state index contributed by atoms with van der Waals surface area (Å²) in [6.45, 7) is 4.13. The van der Waals surface area contributed by atoms with Crippen molar-refractivity contribution in [3.63, 3.8) is 0 Å². The fraction of sp³-hybridized carbons (Fsp3) is 0.429. The van der Waals surface area contributed by atoms with Gasteiger partial charge in [0.2, 0.25) is 0 Å². The highest BCUT2D eigenvalue weighted by atomic mass is 15.3. The van der Waals surface area contributed by atoms with Crippen LogP contribution in [0.1, 0.15) is 22.5 Å². The summed E-state index contributed by atoms with van der Waals surface area (Å²) in [5, 5.41) is 4.42. The van der Waals surface area contributed by atoms with Crippen LogP contribution in [-0.4, -0.2) is 20.8 Å². The first-order chi connectivity index (χ1) is 8.58. The molecular weight excluding hydrogens is 224 g/mol. The Morgan fingerprint density at radius 3 is 2.67 bits per heavy atom. The van der Waals surface area contributed by atoms with Gasteiger partial charge in [-0.1, -0.05) is 6.07 Å².